The van der Waals surface area contributed by atoms with Crippen LogP contribution >= 0.6 is 0 Å². The van der Waals surface area contributed by atoms with E-state index in [1.807, 2.05) is 43.5 Å². The van der Waals surface area contributed by atoms with E-state index in [0.29, 0.717) is 6.61 Å². The molecule has 0 radical (unpaired) electrons. The quantitative estimate of drug-likeness (QED) is 0.835. The van der Waals surface area contributed by atoms with Crippen LogP contribution in [-0.4, -0.2) is 18.1 Å². The molecule has 0 aliphatic rings. The zero-order chi connectivity index (χ0) is 14.2. The predicted molar refractivity (Wildman–Crippen MR) is 82.0 cm³/mol. The van der Waals surface area contributed by atoms with Crippen molar-refractivity contribution < 1.29 is 4.74 Å². The van der Waals surface area contributed by atoms with Crippen LogP contribution in [0.5, 0.6) is 5.75 Å². The van der Waals surface area contributed by atoms with Gasteiger partial charge < -0.3 is 10.1 Å². The van der Waals surface area contributed by atoms with Crippen molar-refractivity contribution in [1.29, 1.82) is 0 Å². The van der Waals surface area contributed by atoms with Crippen LogP contribution in [0, 0.1) is 0 Å². The second kappa shape index (κ2) is 7.65. The second-order valence-electron chi connectivity index (χ2n) is 4.61. The summed E-state index contributed by atoms with van der Waals surface area (Å²) in [7, 11) is 0. The summed E-state index contributed by atoms with van der Waals surface area (Å²) < 4.78 is 5.75. The van der Waals surface area contributed by atoms with Crippen molar-refractivity contribution >= 4 is 0 Å². The van der Waals surface area contributed by atoms with Crippen molar-refractivity contribution in [2.24, 2.45) is 0 Å². The summed E-state index contributed by atoms with van der Waals surface area (Å²) in [5.41, 5.74) is 2.16. The molecule has 1 aromatic heterocycles. The van der Waals surface area contributed by atoms with Crippen LogP contribution in [0.2, 0.25) is 0 Å². The van der Waals surface area contributed by atoms with Gasteiger partial charge in [0.2, 0.25) is 0 Å². The van der Waals surface area contributed by atoms with Crippen molar-refractivity contribution in [3.05, 3.63) is 59.9 Å². The molecule has 3 heteroatoms. The molecule has 1 heterocycles. The van der Waals surface area contributed by atoms with Crippen LogP contribution in [0.4, 0.5) is 0 Å². The second-order valence-corrected chi connectivity index (χ2v) is 4.61. The summed E-state index contributed by atoms with van der Waals surface area (Å²) in [5.74, 6) is 0.925. The Labute approximate surface area is 121 Å². The number of ether oxygens (including phenoxy) is 1. The fraction of sp³-hybridized carbons (Fsp3) is 0.353. The zero-order valence-electron chi connectivity index (χ0n) is 12.2. The Morgan fingerprint density at radius 3 is 2.60 bits per heavy atom. The van der Waals surface area contributed by atoms with E-state index in [2.05, 4.69) is 29.4 Å². The summed E-state index contributed by atoms with van der Waals surface area (Å²) in [5, 5.41) is 3.56. The van der Waals surface area contributed by atoms with Crippen molar-refractivity contribution in [3.63, 3.8) is 0 Å². The molecule has 0 saturated carbocycles. The first-order chi connectivity index (χ1) is 9.86. The van der Waals surface area contributed by atoms with Crippen LogP contribution in [0.3, 0.4) is 0 Å². The van der Waals surface area contributed by atoms with Gasteiger partial charge in [0.15, 0.2) is 0 Å². The van der Waals surface area contributed by atoms with Gasteiger partial charge in [-0.2, -0.15) is 0 Å². The molecule has 1 N–H and O–H groups in total. The first-order valence-electron chi connectivity index (χ1n) is 7.22. The van der Waals surface area contributed by atoms with E-state index in [-0.39, 0.29) is 6.04 Å². The minimum atomic E-state index is 0.0684. The Hall–Kier alpha value is -1.87. The maximum atomic E-state index is 5.75. The summed E-state index contributed by atoms with van der Waals surface area (Å²) >= 11 is 0. The molecule has 0 aliphatic heterocycles. The van der Waals surface area contributed by atoms with Gasteiger partial charge in [-0.25, -0.2) is 0 Å². The average molecular weight is 270 g/mol. The van der Waals surface area contributed by atoms with Crippen molar-refractivity contribution in [1.82, 2.24) is 10.3 Å². The van der Waals surface area contributed by atoms with E-state index in [4.69, 9.17) is 4.74 Å². The number of hydrogen-bond acceptors (Lipinski definition) is 3. The maximum Gasteiger partial charge on any atom is 0.124 e. The van der Waals surface area contributed by atoms with E-state index >= 15 is 0 Å². The van der Waals surface area contributed by atoms with Crippen LogP contribution < -0.4 is 10.1 Å². The summed E-state index contributed by atoms with van der Waals surface area (Å²) in [4.78, 5) is 4.49. The van der Waals surface area contributed by atoms with Gasteiger partial charge in [0.25, 0.3) is 0 Å². The molecule has 2 aromatic rings. The molecule has 20 heavy (non-hydrogen) atoms. The van der Waals surface area contributed by atoms with Crippen molar-refractivity contribution in [2.75, 3.05) is 13.2 Å². The number of para-hydroxylation sites is 1. The van der Waals surface area contributed by atoms with Gasteiger partial charge >= 0.3 is 0 Å². The highest BCUT2D eigenvalue weighted by Crippen LogP contribution is 2.29. The highest BCUT2D eigenvalue weighted by atomic mass is 16.5. The minimum absolute atomic E-state index is 0.0684. The zero-order valence-corrected chi connectivity index (χ0v) is 12.2. The molecule has 2 rings (SSSR count). The Bertz CT molecular complexity index is 513. The lowest BCUT2D eigenvalue weighted by Crippen LogP contribution is -2.24. The highest BCUT2D eigenvalue weighted by Gasteiger charge is 2.18. The van der Waals surface area contributed by atoms with Gasteiger partial charge in [-0.1, -0.05) is 31.2 Å². The first kappa shape index (κ1) is 14.5. The topological polar surface area (TPSA) is 34.2 Å². The number of benzene rings is 1. The van der Waals surface area contributed by atoms with E-state index in [1.54, 1.807) is 0 Å². The van der Waals surface area contributed by atoms with Gasteiger partial charge in [-0.3, -0.25) is 4.98 Å². The molecule has 0 saturated heterocycles. The third-order valence-corrected chi connectivity index (χ3v) is 3.11. The van der Waals surface area contributed by atoms with E-state index < -0.39 is 0 Å². The van der Waals surface area contributed by atoms with Gasteiger partial charge in [0.1, 0.15) is 5.75 Å². The van der Waals surface area contributed by atoms with E-state index in [9.17, 15) is 0 Å². The summed E-state index contributed by atoms with van der Waals surface area (Å²) in [6, 6.07) is 14.2. The molecule has 0 spiro atoms. The number of rotatable bonds is 7. The molecule has 0 bridgehead atoms. The minimum Gasteiger partial charge on any atom is -0.494 e. The normalized spacial score (nSPS) is 12.1. The van der Waals surface area contributed by atoms with Crippen molar-refractivity contribution in [2.45, 2.75) is 26.3 Å². The standard InChI is InChI=1S/C17H22N2O/c1-3-12-19-17(15-10-7-8-13-18-15)14-9-5-6-11-16(14)20-4-2/h5-11,13,17,19H,3-4,12H2,1-2H3. The van der Waals surface area contributed by atoms with E-state index in [0.717, 1.165) is 30.0 Å². The van der Waals surface area contributed by atoms with E-state index in [1.165, 1.54) is 0 Å². The Morgan fingerprint density at radius 1 is 1.10 bits per heavy atom. The lowest BCUT2D eigenvalue weighted by atomic mass is 10.0. The average Bonchev–Trinajstić information content (AvgIpc) is 2.50. The molecule has 0 fully saturated rings. The highest BCUT2D eigenvalue weighted by molar-refractivity contribution is 5.40. The summed E-state index contributed by atoms with van der Waals surface area (Å²) in [6.07, 6.45) is 2.92. The molecular formula is C17H22N2O. The fourth-order valence-electron chi connectivity index (χ4n) is 2.22. The van der Waals surface area contributed by atoms with Gasteiger partial charge in [0, 0.05) is 11.8 Å². The Kier molecular flexibility index (Phi) is 5.56. The van der Waals surface area contributed by atoms with Crippen molar-refractivity contribution in [3.8, 4) is 5.75 Å². The number of nitrogens with one attached hydrogen (secondary N) is 1. The third kappa shape index (κ3) is 3.58. The Balaban J connectivity index is 2.36. The summed E-state index contributed by atoms with van der Waals surface area (Å²) in [6.45, 7) is 5.78. The molecular weight excluding hydrogens is 248 g/mol. The maximum absolute atomic E-state index is 5.75. The van der Waals surface area contributed by atoms with Gasteiger partial charge in [-0.05, 0) is 38.1 Å². The molecule has 1 atom stereocenters. The number of nitrogens with zero attached hydrogens (tertiary/aromatic N) is 1. The van der Waals surface area contributed by atoms with Crippen LogP contribution in [0.1, 0.15) is 37.6 Å². The first-order valence-corrected chi connectivity index (χ1v) is 7.22. The van der Waals surface area contributed by atoms with Gasteiger partial charge in [-0.15, -0.1) is 0 Å². The lowest BCUT2D eigenvalue weighted by molar-refractivity contribution is 0.333. The molecule has 106 valence electrons. The third-order valence-electron chi connectivity index (χ3n) is 3.11. The lowest BCUT2D eigenvalue weighted by Gasteiger charge is -2.21. The number of pyridine rings is 1. The molecule has 0 aliphatic carbocycles. The van der Waals surface area contributed by atoms with Crippen LogP contribution in [0.25, 0.3) is 0 Å². The van der Waals surface area contributed by atoms with Crippen LogP contribution in [-0.2, 0) is 0 Å². The largest absolute Gasteiger partial charge is 0.494 e. The smallest absolute Gasteiger partial charge is 0.124 e. The Morgan fingerprint density at radius 2 is 1.90 bits per heavy atom. The molecule has 1 unspecified atom stereocenters. The van der Waals surface area contributed by atoms with Gasteiger partial charge in [0.05, 0.1) is 18.3 Å². The fourth-order valence-corrected chi connectivity index (χ4v) is 2.22. The predicted octanol–water partition coefficient (Wildman–Crippen LogP) is 3.57. The molecule has 0 amide bonds. The number of hydrogen-bond donors (Lipinski definition) is 1. The number of aromatic nitrogens is 1. The van der Waals surface area contributed by atoms with Crippen LogP contribution in [0.15, 0.2) is 48.7 Å². The molecule has 3 nitrogen and oxygen atoms in total. The SMILES string of the molecule is CCCNC(c1ccccn1)c1ccccc1OCC. The monoisotopic (exact) mass is 270 g/mol. The molecule has 1 aromatic carbocycles.